The van der Waals surface area contributed by atoms with Crippen LogP contribution in [0.1, 0.15) is 46.6 Å². The average Bonchev–Trinajstić information content (AvgIpc) is 2.88. The van der Waals surface area contributed by atoms with Crippen LogP contribution in [0.4, 0.5) is 27.9 Å². The molecule has 1 aromatic heterocycles. The number of rotatable bonds is 3. The highest BCUT2D eigenvalue weighted by molar-refractivity contribution is 5.92. The molecule has 152 valence electrons. The Labute approximate surface area is 158 Å². The number of nitrogens with zero attached hydrogens (tertiary/aromatic N) is 3. The van der Waals surface area contributed by atoms with Crippen molar-refractivity contribution in [3.8, 4) is 6.07 Å². The number of amides is 1. The van der Waals surface area contributed by atoms with E-state index in [2.05, 4.69) is 10.3 Å². The Kier molecular flexibility index (Phi) is 5.19. The van der Waals surface area contributed by atoms with Gasteiger partial charge in [0.1, 0.15) is 17.1 Å². The van der Waals surface area contributed by atoms with Gasteiger partial charge in [-0.25, -0.2) is 13.8 Å². The molecule has 0 radical (unpaired) electrons. The number of benzene rings is 1. The number of fused-ring (bicyclic) bond motifs is 1. The van der Waals surface area contributed by atoms with Crippen molar-refractivity contribution in [1.82, 2.24) is 9.55 Å². The summed E-state index contributed by atoms with van der Waals surface area (Å²) < 4.78 is 69.2. The second-order valence-corrected chi connectivity index (χ2v) is 8.08. The fourth-order valence-corrected chi connectivity index (χ4v) is 2.66. The molecule has 0 aliphatic heterocycles. The number of aromatic nitrogens is 2. The second-order valence-electron chi connectivity index (χ2n) is 8.08. The maximum Gasteiger partial charge on any atom is 0.394 e. The Morgan fingerprint density at radius 3 is 2.25 bits per heavy atom. The number of hydrogen-bond acceptors (Lipinski definition) is 3. The van der Waals surface area contributed by atoms with Crippen molar-refractivity contribution in [2.24, 2.45) is 5.41 Å². The predicted octanol–water partition coefficient (Wildman–Crippen LogP) is 4.86. The molecule has 2 rings (SSSR count). The Hall–Kier alpha value is -2.70. The molecule has 0 atom stereocenters. The van der Waals surface area contributed by atoms with Gasteiger partial charge in [-0.2, -0.15) is 18.4 Å². The lowest BCUT2D eigenvalue weighted by Gasteiger charge is -2.28. The first-order valence-corrected chi connectivity index (χ1v) is 8.28. The lowest BCUT2D eigenvalue weighted by Crippen LogP contribution is -2.36. The molecule has 0 fully saturated rings. The number of carbonyl (C=O) groups excluding carboxylic acids is 1. The summed E-state index contributed by atoms with van der Waals surface area (Å²) >= 11 is 0. The summed E-state index contributed by atoms with van der Waals surface area (Å²) in [5.74, 6) is -3.33. The number of nitrogens with one attached hydrogen (secondary N) is 1. The molecule has 0 unspecified atom stereocenters. The van der Waals surface area contributed by atoms with Crippen molar-refractivity contribution in [3.63, 3.8) is 0 Å². The first-order chi connectivity index (χ1) is 12.6. The van der Waals surface area contributed by atoms with Crippen LogP contribution in [0.15, 0.2) is 6.07 Å². The number of imidazole rings is 1. The molecular weight excluding hydrogens is 383 g/mol. The van der Waals surface area contributed by atoms with Gasteiger partial charge in [-0.1, -0.05) is 13.8 Å². The fourth-order valence-electron chi connectivity index (χ4n) is 2.66. The van der Waals surface area contributed by atoms with Crippen LogP contribution in [0.25, 0.3) is 11.0 Å². The molecule has 10 heteroatoms. The highest BCUT2D eigenvalue weighted by Crippen LogP contribution is 2.40. The van der Waals surface area contributed by atoms with Crippen LogP contribution in [-0.2, 0) is 10.3 Å². The minimum atomic E-state index is -4.62. The van der Waals surface area contributed by atoms with Crippen molar-refractivity contribution in [2.45, 2.75) is 52.8 Å². The summed E-state index contributed by atoms with van der Waals surface area (Å²) in [5, 5.41) is 11.2. The van der Waals surface area contributed by atoms with Crippen LogP contribution in [0, 0.1) is 28.4 Å². The van der Waals surface area contributed by atoms with Crippen LogP contribution in [0.2, 0.25) is 0 Å². The molecule has 5 nitrogen and oxygen atoms in total. The zero-order chi connectivity index (χ0) is 21.7. The molecule has 0 spiro atoms. The van der Waals surface area contributed by atoms with E-state index in [0.717, 1.165) is 18.4 Å². The first kappa shape index (κ1) is 21.6. The Balaban J connectivity index is 2.60. The largest absolute Gasteiger partial charge is 0.394 e. The van der Waals surface area contributed by atoms with E-state index in [1.165, 1.54) is 6.07 Å². The van der Waals surface area contributed by atoms with Gasteiger partial charge >= 0.3 is 6.18 Å². The van der Waals surface area contributed by atoms with Crippen molar-refractivity contribution < 1.29 is 26.7 Å². The van der Waals surface area contributed by atoms with Gasteiger partial charge in [-0.3, -0.25) is 10.1 Å². The summed E-state index contributed by atoms with van der Waals surface area (Å²) in [6, 6.07) is 2.21. The number of carbonyl (C=O) groups is 1. The van der Waals surface area contributed by atoms with E-state index in [-0.39, 0.29) is 11.5 Å². The van der Waals surface area contributed by atoms with E-state index < -0.39 is 52.2 Å². The molecule has 0 aliphatic carbocycles. The predicted molar refractivity (Wildman–Crippen MR) is 92.4 cm³/mol. The van der Waals surface area contributed by atoms with E-state index in [9.17, 15) is 26.7 Å². The number of halogens is 5. The Morgan fingerprint density at radius 1 is 1.21 bits per heavy atom. The maximum atomic E-state index is 14.7. The number of hydrogen-bond donors (Lipinski definition) is 1. The molecule has 0 bridgehead atoms. The van der Waals surface area contributed by atoms with Crippen molar-refractivity contribution >= 4 is 22.9 Å². The molecule has 2 aromatic rings. The van der Waals surface area contributed by atoms with Crippen LogP contribution < -0.4 is 5.32 Å². The normalized spacial score (nSPS) is 12.9. The SMILES string of the molecule is CC(C)(C)n1c(NC(=O)CC(C)(C)C(F)(F)F)nc2c(F)cc(C#N)c(F)c21. The van der Waals surface area contributed by atoms with Crippen LogP contribution in [-0.4, -0.2) is 21.6 Å². The molecule has 28 heavy (non-hydrogen) atoms. The molecule has 0 saturated carbocycles. The smallest absolute Gasteiger partial charge is 0.302 e. The van der Waals surface area contributed by atoms with Gasteiger partial charge in [0.05, 0.1) is 11.0 Å². The van der Waals surface area contributed by atoms with Gasteiger partial charge in [-0.15, -0.1) is 0 Å². The van der Waals surface area contributed by atoms with Gasteiger partial charge in [0.25, 0.3) is 0 Å². The summed E-state index contributed by atoms with van der Waals surface area (Å²) in [6.45, 7) is 6.58. The van der Waals surface area contributed by atoms with Gasteiger partial charge in [0.15, 0.2) is 11.6 Å². The van der Waals surface area contributed by atoms with Gasteiger partial charge in [0.2, 0.25) is 11.9 Å². The lowest BCUT2D eigenvalue weighted by atomic mass is 9.88. The second kappa shape index (κ2) is 6.72. The zero-order valence-electron chi connectivity index (χ0n) is 15.9. The van der Waals surface area contributed by atoms with E-state index in [4.69, 9.17) is 5.26 Å². The molecule has 1 amide bonds. The lowest BCUT2D eigenvalue weighted by molar-refractivity contribution is -0.213. The zero-order valence-corrected chi connectivity index (χ0v) is 15.9. The number of alkyl halides is 3. The molecule has 1 aromatic carbocycles. The van der Waals surface area contributed by atoms with Gasteiger partial charge in [0, 0.05) is 12.0 Å². The molecule has 0 saturated heterocycles. The highest BCUT2D eigenvalue weighted by Gasteiger charge is 2.48. The van der Waals surface area contributed by atoms with Crippen molar-refractivity contribution in [1.29, 1.82) is 5.26 Å². The van der Waals surface area contributed by atoms with Crippen molar-refractivity contribution in [3.05, 3.63) is 23.3 Å². The third-order valence-electron chi connectivity index (χ3n) is 4.23. The maximum absolute atomic E-state index is 14.7. The summed E-state index contributed by atoms with van der Waals surface area (Å²) in [4.78, 5) is 16.1. The topological polar surface area (TPSA) is 70.7 Å². The number of anilines is 1. The summed E-state index contributed by atoms with van der Waals surface area (Å²) in [7, 11) is 0. The van der Waals surface area contributed by atoms with E-state index in [1.54, 1.807) is 20.8 Å². The highest BCUT2D eigenvalue weighted by atomic mass is 19.4. The minimum Gasteiger partial charge on any atom is -0.302 e. The Bertz CT molecular complexity index is 977. The van der Waals surface area contributed by atoms with Gasteiger partial charge < -0.3 is 4.57 Å². The van der Waals surface area contributed by atoms with Crippen LogP contribution >= 0.6 is 0 Å². The third-order valence-corrected chi connectivity index (χ3v) is 4.23. The van der Waals surface area contributed by atoms with E-state index in [0.29, 0.717) is 6.07 Å². The molecule has 0 aliphatic rings. The fraction of sp³-hybridized carbons (Fsp3) is 0.500. The van der Waals surface area contributed by atoms with Crippen LogP contribution in [0.3, 0.4) is 0 Å². The first-order valence-electron chi connectivity index (χ1n) is 8.28. The molecule has 1 heterocycles. The molecular formula is C18H19F5N4O. The molecule has 1 N–H and O–H groups in total. The van der Waals surface area contributed by atoms with E-state index >= 15 is 0 Å². The monoisotopic (exact) mass is 402 g/mol. The van der Waals surface area contributed by atoms with E-state index in [1.807, 2.05) is 0 Å². The minimum absolute atomic E-state index is 0.307. The standard InChI is InChI=1S/C18H19F5N4O/c1-16(2,3)27-14-12(20)9(8-24)6-10(19)13(14)26-15(27)25-11(28)7-17(4,5)18(21,22)23/h6H,7H2,1-5H3,(H,25,26,28). The summed E-state index contributed by atoms with van der Waals surface area (Å²) in [6.07, 6.45) is -5.52. The number of nitriles is 1. The third kappa shape index (κ3) is 3.79. The van der Waals surface area contributed by atoms with Crippen LogP contribution in [0.5, 0.6) is 0 Å². The van der Waals surface area contributed by atoms with Crippen molar-refractivity contribution in [2.75, 3.05) is 5.32 Å². The van der Waals surface area contributed by atoms with Gasteiger partial charge in [-0.05, 0) is 26.8 Å². The average molecular weight is 402 g/mol. The summed E-state index contributed by atoms with van der Waals surface area (Å²) in [5.41, 5.74) is -4.57. The Morgan fingerprint density at radius 2 is 1.79 bits per heavy atom. The quantitative estimate of drug-likeness (QED) is 0.746.